The highest BCUT2D eigenvalue weighted by Gasteiger charge is 2.26. The van der Waals surface area contributed by atoms with Crippen LogP contribution in [-0.2, 0) is 6.42 Å². The van der Waals surface area contributed by atoms with Gasteiger partial charge in [-0.3, -0.25) is 4.79 Å². The van der Waals surface area contributed by atoms with Crippen LogP contribution in [0, 0.1) is 0 Å². The van der Waals surface area contributed by atoms with Crippen molar-refractivity contribution in [2.24, 2.45) is 0 Å². The summed E-state index contributed by atoms with van der Waals surface area (Å²) in [5.74, 6) is 0.252. The normalized spacial score (nSPS) is 21.6. The molecule has 0 atom stereocenters. The third-order valence-electron chi connectivity index (χ3n) is 4.28. The van der Waals surface area contributed by atoms with Crippen molar-refractivity contribution in [1.29, 1.82) is 0 Å². The molecule has 3 heteroatoms. The number of benzene rings is 1. The van der Waals surface area contributed by atoms with Crippen molar-refractivity contribution >= 4 is 17.5 Å². The van der Waals surface area contributed by atoms with Crippen molar-refractivity contribution in [3.63, 3.8) is 0 Å². The van der Waals surface area contributed by atoms with Gasteiger partial charge in [-0.05, 0) is 43.9 Å². The maximum absolute atomic E-state index is 12.8. The smallest absolute Gasteiger partial charge is 0.191 e. The number of hydrogen-bond acceptors (Lipinski definition) is 3. The molecular formula is C17H21NOS. The first-order valence-corrected chi connectivity index (χ1v) is 8.68. The van der Waals surface area contributed by atoms with Crippen LogP contribution in [0.4, 0.5) is 0 Å². The van der Waals surface area contributed by atoms with Crippen LogP contribution in [0.25, 0.3) is 0 Å². The predicted octanol–water partition coefficient (Wildman–Crippen LogP) is 3.88. The Labute approximate surface area is 125 Å². The topological polar surface area (TPSA) is 20.3 Å². The first-order valence-electron chi connectivity index (χ1n) is 7.46. The van der Waals surface area contributed by atoms with Gasteiger partial charge in [-0.1, -0.05) is 24.3 Å². The minimum atomic E-state index is 0.252. The number of aryl methyl sites for hydroxylation is 1. The number of hydrogen-bond donors (Lipinski definition) is 0. The molecule has 1 saturated heterocycles. The van der Waals surface area contributed by atoms with Crippen molar-refractivity contribution in [3.05, 3.63) is 46.0 Å². The highest BCUT2D eigenvalue weighted by atomic mass is 32.2. The molecule has 2 aliphatic rings. The molecule has 1 aromatic carbocycles. The summed E-state index contributed by atoms with van der Waals surface area (Å²) in [7, 11) is 0. The first-order chi connectivity index (χ1) is 9.81. The summed E-state index contributed by atoms with van der Waals surface area (Å²) in [5, 5.41) is 1.23. The molecule has 1 aliphatic heterocycles. The Morgan fingerprint density at radius 3 is 2.60 bits per heavy atom. The number of ketones is 1. The molecule has 0 N–H and O–H groups in total. The van der Waals surface area contributed by atoms with Crippen molar-refractivity contribution in [1.82, 2.24) is 4.90 Å². The van der Waals surface area contributed by atoms with Gasteiger partial charge in [-0.15, -0.1) is 11.8 Å². The molecule has 2 nitrogen and oxygen atoms in total. The van der Waals surface area contributed by atoms with E-state index in [9.17, 15) is 4.79 Å². The number of likely N-dealkylation sites (tertiary alicyclic amines) is 1. The molecule has 0 unspecified atom stereocenters. The fourth-order valence-electron chi connectivity index (χ4n) is 3.24. The third-order valence-corrected chi connectivity index (χ3v) is 5.17. The molecule has 0 aromatic heterocycles. The zero-order valence-electron chi connectivity index (χ0n) is 12.0. The van der Waals surface area contributed by atoms with Gasteiger partial charge in [0.25, 0.3) is 0 Å². The van der Waals surface area contributed by atoms with Crippen LogP contribution in [0.5, 0.6) is 0 Å². The van der Waals surface area contributed by atoms with Crippen LogP contribution in [-0.4, -0.2) is 30.0 Å². The second-order valence-corrected chi connectivity index (χ2v) is 6.32. The molecule has 0 bridgehead atoms. The summed E-state index contributed by atoms with van der Waals surface area (Å²) in [4.78, 5) is 15.2. The number of Topliss-reactive ketones (excluding diaryl/α,β-unsaturated/α-hetero) is 1. The lowest BCUT2D eigenvalue weighted by molar-refractivity contribution is 0.102. The van der Waals surface area contributed by atoms with Crippen LogP contribution in [0.3, 0.4) is 0 Å². The number of rotatable bonds is 2. The van der Waals surface area contributed by atoms with Gasteiger partial charge in [0, 0.05) is 24.2 Å². The molecule has 106 valence electrons. The predicted molar refractivity (Wildman–Crippen MR) is 85.1 cm³/mol. The van der Waals surface area contributed by atoms with Crippen LogP contribution >= 0.6 is 11.8 Å². The zero-order chi connectivity index (χ0) is 13.9. The summed E-state index contributed by atoms with van der Waals surface area (Å²) in [6.45, 7) is 2.21. The van der Waals surface area contributed by atoms with E-state index in [0.717, 1.165) is 37.1 Å². The molecule has 1 heterocycles. The number of carbonyl (C=O) groups is 1. The van der Waals surface area contributed by atoms with Gasteiger partial charge in [0.15, 0.2) is 5.78 Å². The molecule has 3 rings (SSSR count). The Kier molecular flexibility index (Phi) is 4.16. The van der Waals surface area contributed by atoms with Gasteiger partial charge in [0.05, 0.1) is 5.03 Å². The maximum atomic E-state index is 12.8. The second kappa shape index (κ2) is 6.04. The summed E-state index contributed by atoms with van der Waals surface area (Å²) >= 11 is 1.75. The molecule has 20 heavy (non-hydrogen) atoms. The van der Waals surface area contributed by atoms with Crippen molar-refractivity contribution in [2.75, 3.05) is 19.3 Å². The van der Waals surface area contributed by atoms with Gasteiger partial charge in [0.1, 0.15) is 0 Å². The Bertz CT molecular complexity index is 544. The molecule has 0 amide bonds. The minimum absolute atomic E-state index is 0.252. The van der Waals surface area contributed by atoms with Gasteiger partial charge in [0.2, 0.25) is 0 Å². The molecular weight excluding hydrogens is 266 g/mol. The fraction of sp³-hybridized carbons (Fsp3) is 0.471. The lowest BCUT2D eigenvalue weighted by Gasteiger charge is -2.32. The van der Waals surface area contributed by atoms with Gasteiger partial charge in [-0.2, -0.15) is 0 Å². The van der Waals surface area contributed by atoms with E-state index in [1.807, 2.05) is 18.2 Å². The van der Waals surface area contributed by atoms with E-state index in [4.69, 9.17) is 0 Å². The van der Waals surface area contributed by atoms with Gasteiger partial charge in [-0.25, -0.2) is 0 Å². The van der Waals surface area contributed by atoms with Crippen LogP contribution in [0.15, 0.2) is 34.9 Å². The Hall–Kier alpha value is -1.22. The van der Waals surface area contributed by atoms with Crippen LogP contribution in [0.2, 0.25) is 0 Å². The molecule has 0 radical (unpaired) electrons. The summed E-state index contributed by atoms with van der Waals surface area (Å²) < 4.78 is 0. The summed E-state index contributed by atoms with van der Waals surface area (Å²) in [6, 6.07) is 8.06. The van der Waals surface area contributed by atoms with E-state index >= 15 is 0 Å². The van der Waals surface area contributed by atoms with Gasteiger partial charge >= 0.3 is 0 Å². The third kappa shape index (κ3) is 2.51. The zero-order valence-corrected chi connectivity index (χ0v) is 12.8. The van der Waals surface area contributed by atoms with E-state index in [2.05, 4.69) is 17.2 Å². The number of nitrogens with zero attached hydrogens (tertiary/aromatic N) is 1. The Morgan fingerprint density at radius 1 is 1.10 bits per heavy atom. The largest absolute Gasteiger partial charge is 0.366 e. The van der Waals surface area contributed by atoms with E-state index in [-0.39, 0.29) is 5.78 Å². The van der Waals surface area contributed by atoms with E-state index < -0.39 is 0 Å². The summed E-state index contributed by atoms with van der Waals surface area (Å²) in [6.07, 6.45) is 7.82. The number of carbonyl (C=O) groups excluding carboxylic acids is 1. The average Bonchev–Trinajstić information content (AvgIpc) is 2.51. The molecule has 0 saturated carbocycles. The van der Waals surface area contributed by atoms with Crippen LogP contribution < -0.4 is 0 Å². The van der Waals surface area contributed by atoms with Crippen LogP contribution in [0.1, 0.15) is 41.6 Å². The highest BCUT2D eigenvalue weighted by Crippen LogP contribution is 2.33. The van der Waals surface area contributed by atoms with E-state index in [1.165, 1.54) is 29.9 Å². The van der Waals surface area contributed by atoms with Crippen molar-refractivity contribution in [3.8, 4) is 0 Å². The van der Waals surface area contributed by atoms with E-state index in [0.29, 0.717) is 0 Å². The molecule has 1 aromatic rings. The first kappa shape index (κ1) is 13.7. The number of allylic oxidation sites excluding steroid dienone is 1. The van der Waals surface area contributed by atoms with Gasteiger partial charge < -0.3 is 4.90 Å². The standard InChI is InChI=1S/C17H21NOS/c1-20-17(18-11-5-2-6-12-18)15-10-9-13-7-3-4-8-14(13)16(15)19/h3-4,7-8H,2,5-6,9-12H2,1H3/b17-15-. The monoisotopic (exact) mass is 287 g/mol. The second-order valence-electron chi connectivity index (χ2n) is 5.52. The number of piperidine rings is 1. The quantitative estimate of drug-likeness (QED) is 0.770. The maximum Gasteiger partial charge on any atom is 0.191 e. The molecule has 0 spiro atoms. The Morgan fingerprint density at radius 2 is 1.85 bits per heavy atom. The minimum Gasteiger partial charge on any atom is -0.366 e. The fourth-order valence-corrected chi connectivity index (χ4v) is 4.12. The lowest BCUT2D eigenvalue weighted by atomic mass is 9.87. The number of thioether (sulfide) groups is 1. The summed E-state index contributed by atoms with van der Waals surface area (Å²) in [5.41, 5.74) is 3.16. The highest BCUT2D eigenvalue weighted by molar-refractivity contribution is 8.02. The van der Waals surface area contributed by atoms with Crippen molar-refractivity contribution < 1.29 is 4.79 Å². The average molecular weight is 287 g/mol. The Balaban J connectivity index is 1.96. The SMILES string of the molecule is CS/C(=C1/CCc2ccccc2C1=O)N1CCCCC1. The lowest BCUT2D eigenvalue weighted by Crippen LogP contribution is -2.30. The van der Waals surface area contributed by atoms with E-state index in [1.54, 1.807) is 11.8 Å². The van der Waals surface area contributed by atoms with Crippen molar-refractivity contribution in [2.45, 2.75) is 32.1 Å². The molecule has 1 fully saturated rings. The number of fused-ring (bicyclic) bond motifs is 1. The molecule has 1 aliphatic carbocycles.